The van der Waals surface area contributed by atoms with Crippen molar-refractivity contribution in [3.05, 3.63) is 90.3 Å². The van der Waals surface area contributed by atoms with Gasteiger partial charge in [-0.1, -0.05) is 30.3 Å². The van der Waals surface area contributed by atoms with Gasteiger partial charge in [0.1, 0.15) is 0 Å². The number of pyridine rings is 1. The molecule has 3 rings (SSSR count). The Hall–Kier alpha value is -4.00. The highest BCUT2D eigenvalue weighted by atomic mass is 16.2. The molecule has 0 aliphatic heterocycles. The van der Waals surface area contributed by atoms with Gasteiger partial charge in [0.2, 0.25) is 11.9 Å². The number of rotatable bonds is 5. The normalized spacial score (nSPS) is 10.9. The molecule has 0 saturated heterocycles. The van der Waals surface area contributed by atoms with Crippen LogP contribution in [0, 0.1) is 0 Å². The molecule has 3 aromatic rings. The van der Waals surface area contributed by atoms with E-state index in [1.165, 1.54) is 6.92 Å². The summed E-state index contributed by atoms with van der Waals surface area (Å²) in [7, 11) is 0. The van der Waals surface area contributed by atoms with Crippen LogP contribution in [0.15, 0.2) is 84.1 Å². The summed E-state index contributed by atoms with van der Waals surface area (Å²) in [5.41, 5.74) is 2.67. The minimum Gasteiger partial charge on any atom is -0.326 e. The molecule has 29 heavy (non-hydrogen) atoms. The third-order valence-corrected chi connectivity index (χ3v) is 3.86. The van der Waals surface area contributed by atoms with Crippen molar-refractivity contribution in [2.45, 2.75) is 13.5 Å². The molecule has 1 aromatic heterocycles. The fourth-order valence-electron chi connectivity index (χ4n) is 2.55. The Kier molecular flexibility index (Phi) is 6.67. The summed E-state index contributed by atoms with van der Waals surface area (Å²) in [6.45, 7) is 1.77. The van der Waals surface area contributed by atoms with Crippen molar-refractivity contribution in [2.75, 3.05) is 10.6 Å². The Morgan fingerprint density at radius 3 is 2.45 bits per heavy atom. The zero-order valence-corrected chi connectivity index (χ0v) is 15.9. The Bertz CT molecular complexity index is 1000. The predicted octanol–water partition coefficient (Wildman–Crippen LogP) is 3.44. The molecule has 0 spiro atoms. The molecule has 0 atom stereocenters. The van der Waals surface area contributed by atoms with Gasteiger partial charge in [-0.25, -0.2) is 4.99 Å². The first-order chi connectivity index (χ1) is 14.1. The number of para-hydroxylation sites is 1. The van der Waals surface area contributed by atoms with Gasteiger partial charge in [0.05, 0.1) is 6.54 Å². The number of nitrogens with one attached hydrogen (secondary N) is 3. The number of nitrogens with zero attached hydrogens (tertiary/aromatic N) is 2. The molecule has 2 amide bonds. The molecule has 7 nitrogen and oxygen atoms in total. The zero-order valence-electron chi connectivity index (χ0n) is 15.9. The second-order valence-corrected chi connectivity index (χ2v) is 6.23. The van der Waals surface area contributed by atoms with Gasteiger partial charge in [0, 0.05) is 36.3 Å². The quantitative estimate of drug-likeness (QED) is 0.462. The van der Waals surface area contributed by atoms with E-state index in [2.05, 4.69) is 25.9 Å². The van der Waals surface area contributed by atoms with Crippen LogP contribution in [0.2, 0.25) is 0 Å². The maximum Gasteiger partial charge on any atom is 0.258 e. The largest absolute Gasteiger partial charge is 0.326 e. The molecule has 0 aliphatic rings. The van der Waals surface area contributed by atoms with Crippen molar-refractivity contribution in [3.8, 4) is 0 Å². The first kappa shape index (κ1) is 19.8. The van der Waals surface area contributed by atoms with E-state index in [-0.39, 0.29) is 11.8 Å². The minimum absolute atomic E-state index is 0.202. The molecule has 0 saturated carbocycles. The topological polar surface area (TPSA) is 95.5 Å². The highest BCUT2D eigenvalue weighted by Gasteiger charge is 2.10. The van der Waals surface area contributed by atoms with Gasteiger partial charge in [-0.15, -0.1) is 0 Å². The van der Waals surface area contributed by atoms with Crippen LogP contribution >= 0.6 is 0 Å². The molecular formula is C22H21N5O2. The van der Waals surface area contributed by atoms with Gasteiger partial charge in [0.15, 0.2) is 0 Å². The lowest BCUT2D eigenvalue weighted by Crippen LogP contribution is -2.36. The number of aliphatic imine (C=N–C) groups is 1. The Morgan fingerprint density at radius 2 is 1.72 bits per heavy atom. The second kappa shape index (κ2) is 9.80. The number of carbonyl (C=O) groups excluding carboxylic acids is 2. The third kappa shape index (κ3) is 6.28. The van der Waals surface area contributed by atoms with E-state index < -0.39 is 0 Å². The van der Waals surface area contributed by atoms with E-state index in [0.29, 0.717) is 23.8 Å². The van der Waals surface area contributed by atoms with Crippen molar-refractivity contribution in [2.24, 2.45) is 4.99 Å². The van der Waals surface area contributed by atoms with Crippen molar-refractivity contribution >= 4 is 29.1 Å². The highest BCUT2D eigenvalue weighted by Crippen LogP contribution is 2.11. The number of guanidine groups is 1. The summed E-state index contributed by atoms with van der Waals surface area (Å²) < 4.78 is 0. The molecule has 146 valence electrons. The van der Waals surface area contributed by atoms with Crippen molar-refractivity contribution in [1.29, 1.82) is 0 Å². The number of benzene rings is 2. The summed E-state index contributed by atoms with van der Waals surface area (Å²) in [6.07, 6.45) is 3.42. The standard InChI is InChI=1S/C22H21N5O2/c1-16(28)25-20-11-5-8-18(13-20)21(29)27-22(26-19-9-3-2-4-10-19)24-15-17-7-6-12-23-14-17/h2-14H,15H2,1H3,(H,25,28)(H2,24,26,27,29). The van der Waals surface area contributed by atoms with Crippen LogP contribution < -0.4 is 16.0 Å². The third-order valence-electron chi connectivity index (χ3n) is 3.86. The van der Waals surface area contributed by atoms with Crippen LogP contribution in [0.5, 0.6) is 0 Å². The lowest BCUT2D eigenvalue weighted by Gasteiger charge is -2.12. The van der Waals surface area contributed by atoms with Crippen molar-refractivity contribution in [3.63, 3.8) is 0 Å². The van der Waals surface area contributed by atoms with Crippen LogP contribution in [-0.2, 0) is 11.3 Å². The summed E-state index contributed by atoms with van der Waals surface area (Å²) in [5, 5.41) is 8.59. The highest BCUT2D eigenvalue weighted by molar-refractivity contribution is 6.10. The molecule has 0 unspecified atom stereocenters. The molecule has 0 fully saturated rings. The van der Waals surface area contributed by atoms with Gasteiger partial charge in [-0.05, 0) is 42.0 Å². The van der Waals surface area contributed by atoms with Crippen molar-refractivity contribution in [1.82, 2.24) is 10.3 Å². The molecule has 2 aromatic carbocycles. The number of carbonyl (C=O) groups is 2. The fraction of sp³-hybridized carbons (Fsp3) is 0.0909. The summed E-state index contributed by atoms with van der Waals surface area (Å²) >= 11 is 0. The predicted molar refractivity (Wildman–Crippen MR) is 114 cm³/mol. The van der Waals surface area contributed by atoms with Crippen LogP contribution in [0.1, 0.15) is 22.8 Å². The van der Waals surface area contributed by atoms with Crippen LogP contribution in [0.25, 0.3) is 0 Å². The number of hydrogen-bond acceptors (Lipinski definition) is 4. The monoisotopic (exact) mass is 387 g/mol. The molecule has 0 aliphatic carbocycles. The maximum absolute atomic E-state index is 12.7. The molecule has 3 N–H and O–H groups in total. The first-order valence-electron chi connectivity index (χ1n) is 9.04. The second-order valence-electron chi connectivity index (χ2n) is 6.23. The van der Waals surface area contributed by atoms with E-state index in [9.17, 15) is 9.59 Å². The summed E-state index contributed by atoms with van der Waals surface area (Å²) in [5.74, 6) is -0.229. The minimum atomic E-state index is -0.342. The summed E-state index contributed by atoms with van der Waals surface area (Å²) in [4.78, 5) is 32.6. The first-order valence-corrected chi connectivity index (χ1v) is 9.04. The molecule has 0 bridgehead atoms. The zero-order chi connectivity index (χ0) is 20.5. The van der Waals surface area contributed by atoms with E-state index >= 15 is 0 Å². The van der Waals surface area contributed by atoms with Crippen LogP contribution in [0.4, 0.5) is 11.4 Å². The van der Waals surface area contributed by atoms with Crippen LogP contribution in [-0.4, -0.2) is 22.8 Å². The van der Waals surface area contributed by atoms with E-state index in [0.717, 1.165) is 11.3 Å². The lowest BCUT2D eigenvalue weighted by atomic mass is 10.2. The number of hydrogen-bond donors (Lipinski definition) is 3. The molecule has 1 heterocycles. The van der Waals surface area contributed by atoms with E-state index in [4.69, 9.17) is 0 Å². The average Bonchev–Trinajstić information content (AvgIpc) is 2.73. The van der Waals surface area contributed by atoms with E-state index in [1.54, 1.807) is 36.7 Å². The Morgan fingerprint density at radius 1 is 0.931 bits per heavy atom. The van der Waals surface area contributed by atoms with Gasteiger partial charge in [-0.2, -0.15) is 0 Å². The number of amides is 2. The number of anilines is 2. The Labute approximate surface area is 168 Å². The summed E-state index contributed by atoms with van der Waals surface area (Å²) in [6, 6.07) is 19.9. The van der Waals surface area contributed by atoms with Gasteiger partial charge in [0.25, 0.3) is 5.91 Å². The van der Waals surface area contributed by atoms with Gasteiger partial charge < -0.3 is 10.6 Å². The average molecular weight is 387 g/mol. The molecule has 0 radical (unpaired) electrons. The fourth-order valence-corrected chi connectivity index (χ4v) is 2.55. The smallest absolute Gasteiger partial charge is 0.258 e. The lowest BCUT2D eigenvalue weighted by molar-refractivity contribution is -0.114. The SMILES string of the molecule is CC(=O)Nc1cccc(C(=O)NC(=NCc2cccnc2)Nc2ccccc2)c1. The van der Waals surface area contributed by atoms with Crippen LogP contribution in [0.3, 0.4) is 0 Å². The number of aromatic nitrogens is 1. The van der Waals surface area contributed by atoms with Gasteiger partial charge in [-0.3, -0.25) is 19.9 Å². The Balaban J connectivity index is 1.78. The van der Waals surface area contributed by atoms with Crippen molar-refractivity contribution < 1.29 is 9.59 Å². The molecular weight excluding hydrogens is 366 g/mol. The maximum atomic E-state index is 12.7. The molecule has 7 heteroatoms. The van der Waals surface area contributed by atoms with E-state index in [1.807, 2.05) is 42.5 Å². The van der Waals surface area contributed by atoms with Gasteiger partial charge >= 0.3 is 0 Å².